The highest BCUT2D eigenvalue weighted by Gasteiger charge is 2.19. The highest BCUT2D eigenvalue weighted by Crippen LogP contribution is 2.33. The van der Waals surface area contributed by atoms with Gasteiger partial charge >= 0.3 is 0 Å². The molecule has 23 heavy (non-hydrogen) atoms. The van der Waals surface area contributed by atoms with Gasteiger partial charge in [0.25, 0.3) is 0 Å². The molecule has 4 rings (SSSR count). The molecule has 0 aliphatic carbocycles. The summed E-state index contributed by atoms with van der Waals surface area (Å²) in [6, 6.07) is 7.40. The Kier molecular flexibility index (Phi) is 3.12. The molecule has 1 aromatic carbocycles. The molecule has 0 saturated carbocycles. The third-order valence-electron chi connectivity index (χ3n) is 3.91. The molecule has 0 radical (unpaired) electrons. The van der Waals surface area contributed by atoms with Crippen LogP contribution in [0.2, 0.25) is 0 Å². The first-order valence-corrected chi connectivity index (χ1v) is 9.21. The van der Waals surface area contributed by atoms with E-state index >= 15 is 0 Å². The van der Waals surface area contributed by atoms with Gasteiger partial charge in [-0.15, -0.1) is 0 Å². The number of hydrogen-bond acceptors (Lipinski definition) is 5. The molecule has 0 unspecified atom stereocenters. The van der Waals surface area contributed by atoms with Crippen molar-refractivity contribution in [2.75, 3.05) is 12.9 Å². The fourth-order valence-electron chi connectivity index (χ4n) is 2.86. The molecule has 3 aromatic rings. The topological polar surface area (TPSA) is 74.1 Å². The quantitative estimate of drug-likeness (QED) is 0.721. The summed E-state index contributed by atoms with van der Waals surface area (Å²) in [5, 5.41) is 0. The Morgan fingerprint density at radius 1 is 1.26 bits per heavy atom. The number of sulfone groups is 1. The number of nitrogens with zero attached hydrogens (tertiary/aromatic N) is 3. The molecule has 118 valence electrons. The lowest BCUT2D eigenvalue weighted by Gasteiger charge is -2.07. The van der Waals surface area contributed by atoms with Crippen LogP contribution in [-0.2, 0) is 16.4 Å². The predicted octanol–water partition coefficient (Wildman–Crippen LogP) is 2.28. The Labute approximate surface area is 133 Å². The average Bonchev–Trinajstić information content (AvgIpc) is 2.76. The lowest BCUT2D eigenvalue weighted by molar-refractivity contribution is 0.316. The van der Waals surface area contributed by atoms with E-state index in [0.29, 0.717) is 12.2 Å². The molecule has 2 aromatic heterocycles. The molecule has 6 nitrogen and oxygen atoms in total. The van der Waals surface area contributed by atoms with E-state index in [2.05, 4.69) is 14.5 Å². The van der Waals surface area contributed by atoms with Gasteiger partial charge < -0.3 is 9.30 Å². The van der Waals surface area contributed by atoms with Crippen LogP contribution in [-0.4, -0.2) is 35.8 Å². The lowest BCUT2D eigenvalue weighted by Crippen LogP contribution is -2.03. The summed E-state index contributed by atoms with van der Waals surface area (Å²) < 4.78 is 31.4. The molecule has 7 heteroatoms. The number of hydrogen-bond donors (Lipinski definition) is 0. The van der Waals surface area contributed by atoms with E-state index in [1.807, 2.05) is 18.2 Å². The summed E-state index contributed by atoms with van der Waals surface area (Å²) in [4.78, 5) is 8.94. The third kappa shape index (κ3) is 2.37. The molecule has 0 spiro atoms. The summed E-state index contributed by atoms with van der Waals surface area (Å²) in [5.41, 5.74) is 2.48. The molecule has 0 N–H and O–H groups in total. The minimum Gasteiger partial charge on any atom is -0.491 e. The standard InChI is InChI=1S/C16H15N3O3S/c1-23(20,21)12-8-11(9-17-10-12)16-18-13-4-2-5-14-15(13)19(16)6-3-7-22-14/h2,4-5,8-10H,3,6-7H2,1H3. The Bertz CT molecular complexity index is 1010. The fraction of sp³-hybridized carbons (Fsp3) is 0.250. The van der Waals surface area contributed by atoms with Gasteiger partial charge in [0, 0.05) is 30.8 Å². The molecule has 0 fully saturated rings. The van der Waals surface area contributed by atoms with Crippen molar-refractivity contribution < 1.29 is 13.2 Å². The summed E-state index contributed by atoms with van der Waals surface area (Å²) in [5.74, 6) is 1.53. The van der Waals surface area contributed by atoms with E-state index < -0.39 is 9.84 Å². The van der Waals surface area contributed by atoms with Crippen LogP contribution in [0.4, 0.5) is 0 Å². The third-order valence-corrected chi connectivity index (χ3v) is 4.99. The number of rotatable bonds is 2. The molecule has 1 aliphatic rings. The Hall–Kier alpha value is -2.41. The van der Waals surface area contributed by atoms with E-state index in [4.69, 9.17) is 4.74 Å². The zero-order chi connectivity index (χ0) is 16.0. The molecular weight excluding hydrogens is 314 g/mol. The van der Waals surface area contributed by atoms with Gasteiger partial charge in [0.05, 0.1) is 17.0 Å². The Morgan fingerprint density at radius 3 is 2.96 bits per heavy atom. The minimum absolute atomic E-state index is 0.194. The Morgan fingerprint density at radius 2 is 2.13 bits per heavy atom. The SMILES string of the molecule is CS(=O)(=O)c1cncc(-c2nc3cccc4c3n2CCCO4)c1. The van der Waals surface area contributed by atoms with Crippen molar-refractivity contribution in [2.45, 2.75) is 17.9 Å². The van der Waals surface area contributed by atoms with Crippen LogP contribution in [0.15, 0.2) is 41.6 Å². The normalized spacial score (nSPS) is 14.5. The second-order valence-electron chi connectivity index (χ2n) is 5.59. The summed E-state index contributed by atoms with van der Waals surface area (Å²) >= 11 is 0. The zero-order valence-electron chi connectivity index (χ0n) is 12.6. The number of imidazole rings is 1. The highest BCUT2D eigenvalue weighted by atomic mass is 32.2. The van der Waals surface area contributed by atoms with Crippen LogP contribution in [0.25, 0.3) is 22.4 Å². The maximum absolute atomic E-state index is 11.8. The fourth-order valence-corrected chi connectivity index (χ4v) is 3.45. The van der Waals surface area contributed by atoms with Crippen molar-refractivity contribution >= 4 is 20.9 Å². The van der Waals surface area contributed by atoms with Crippen molar-refractivity contribution in [3.05, 3.63) is 36.7 Å². The summed E-state index contributed by atoms with van der Waals surface area (Å²) in [6.07, 6.45) is 5.05. The summed E-state index contributed by atoms with van der Waals surface area (Å²) in [6.45, 7) is 1.42. The van der Waals surface area contributed by atoms with Crippen LogP contribution in [0.5, 0.6) is 5.75 Å². The number of aromatic nitrogens is 3. The highest BCUT2D eigenvalue weighted by molar-refractivity contribution is 7.90. The molecule has 0 atom stereocenters. The second-order valence-corrected chi connectivity index (χ2v) is 7.61. The van der Waals surface area contributed by atoms with E-state index in [1.54, 1.807) is 12.3 Å². The number of ether oxygens (including phenoxy) is 1. The van der Waals surface area contributed by atoms with E-state index in [9.17, 15) is 8.42 Å². The number of aryl methyl sites for hydroxylation is 1. The average molecular weight is 329 g/mol. The Balaban J connectivity index is 1.98. The van der Waals surface area contributed by atoms with Crippen molar-refractivity contribution in [1.82, 2.24) is 14.5 Å². The molecule has 0 bridgehead atoms. The first kappa shape index (κ1) is 14.2. The van der Waals surface area contributed by atoms with Crippen LogP contribution < -0.4 is 4.74 Å². The van der Waals surface area contributed by atoms with E-state index in [0.717, 1.165) is 35.6 Å². The van der Waals surface area contributed by atoms with Crippen LogP contribution in [0.3, 0.4) is 0 Å². The number of benzene rings is 1. The van der Waals surface area contributed by atoms with Gasteiger partial charge in [-0.25, -0.2) is 13.4 Å². The van der Waals surface area contributed by atoms with Gasteiger partial charge in [0.2, 0.25) is 0 Å². The predicted molar refractivity (Wildman–Crippen MR) is 86.2 cm³/mol. The van der Waals surface area contributed by atoms with Gasteiger partial charge in [0.15, 0.2) is 9.84 Å². The van der Waals surface area contributed by atoms with Crippen molar-refractivity contribution in [2.24, 2.45) is 0 Å². The monoisotopic (exact) mass is 329 g/mol. The maximum Gasteiger partial charge on any atom is 0.177 e. The van der Waals surface area contributed by atoms with Gasteiger partial charge in [-0.3, -0.25) is 4.98 Å². The minimum atomic E-state index is -3.31. The van der Waals surface area contributed by atoms with Gasteiger partial charge in [-0.1, -0.05) is 6.07 Å². The zero-order valence-corrected chi connectivity index (χ0v) is 13.4. The van der Waals surface area contributed by atoms with Gasteiger partial charge in [-0.05, 0) is 24.6 Å². The molecule has 3 heterocycles. The maximum atomic E-state index is 11.8. The van der Waals surface area contributed by atoms with Crippen LogP contribution in [0, 0.1) is 0 Å². The molecular formula is C16H15N3O3S. The lowest BCUT2D eigenvalue weighted by atomic mass is 10.2. The first-order chi connectivity index (χ1) is 11.0. The van der Waals surface area contributed by atoms with Gasteiger partial charge in [-0.2, -0.15) is 0 Å². The largest absolute Gasteiger partial charge is 0.491 e. The van der Waals surface area contributed by atoms with E-state index in [-0.39, 0.29) is 4.90 Å². The molecule has 0 saturated heterocycles. The summed E-state index contributed by atoms with van der Waals surface area (Å²) in [7, 11) is -3.31. The van der Waals surface area contributed by atoms with E-state index in [1.165, 1.54) is 12.5 Å². The smallest absolute Gasteiger partial charge is 0.177 e. The van der Waals surface area contributed by atoms with Crippen LogP contribution >= 0.6 is 0 Å². The number of para-hydroxylation sites is 1. The molecule has 0 amide bonds. The first-order valence-electron chi connectivity index (χ1n) is 7.31. The van der Waals surface area contributed by atoms with Crippen molar-refractivity contribution in [1.29, 1.82) is 0 Å². The van der Waals surface area contributed by atoms with Gasteiger partial charge in [0.1, 0.15) is 17.1 Å². The molecule has 1 aliphatic heterocycles. The second kappa shape index (κ2) is 5.06. The number of pyridine rings is 1. The van der Waals surface area contributed by atoms with Crippen molar-refractivity contribution in [3.63, 3.8) is 0 Å². The van der Waals surface area contributed by atoms with Crippen molar-refractivity contribution in [3.8, 4) is 17.1 Å². The van der Waals surface area contributed by atoms with Crippen LogP contribution in [0.1, 0.15) is 6.42 Å².